The maximum absolute atomic E-state index is 12.1. The first-order chi connectivity index (χ1) is 13.7. The smallest absolute Gasteiger partial charge is 0.208 e. The fraction of sp³-hybridized carbons (Fsp3) is 0.0909. The molecule has 4 rings (SSSR count). The van der Waals surface area contributed by atoms with Crippen LogP contribution in [0.1, 0.15) is 15.9 Å². The molecule has 0 atom stereocenters. The van der Waals surface area contributed by atoms with Crippen LogP contribution in [0.2, 0.25) is 0 Å². The molecule has 0 fully saturated rings. The zero-order valence-corrected chi connectivity index (χ0v) is 16.2. The van der Waals surface area contributed by atoms with Crippen LogP contribution in [0.5, 0.6) is 5.75 Å². The van der Waals surface area contributed by atoms with Crippen LogP contribution in [-0.4, -0.2) is 17.5 Å². The molecule has 1 aliphatic carbocycles. The summed E-state index contributed by atoms with van der Waals surface area (Å²) in [4.78, 5) is 12.9. The minimum atomic E-state index is -0.00244. The Balaban J connectivity index is 1.68. The summed E-state index contributed by atoms with van der Waals surface area (Å²) in [6.45, 7) is 4.49. The maximum Gasteiger partial charge on any atom is 0.208 e. The van der Waals surface area contributed by atoms with Crippen LogP contribution in [0.25, 0.3) is 17.0 Å². The first-order valence-electron chi connectivity index (χ1n) is 8.80. The number of methoxy groups -OCH3 is 1. The average Bonchev–Trinajstić information content (AvgIpc) is 3.28. The molecule has 0 amide bonds. The van der Waals surface area contributed by atoms with Gasteiger partial charge in [0, 0.05) is 29.1 Å². The standard InChI is InChI=1S/C22H19N3O2S/c1-3-12-25-20(15-8-10-16(27-2)11-9-15)14-28-22(25)24-23-19-13-21(26)18-7-5-4-6-17(18)19/h3-11,13-14,23H,1,12H2,2H3. The quantitative estimate of drug-likeness (QED) is 0.511. The third kappa shape index (κ3) is 3.30. The molecule has 0 radical (unpaired) electrons. The number of rotatable bonds is 6. The minimum absolute atomic E-state index is 0.00244. The predicted molar refractivity (Wildman–Crippen MR) is 112 cm³/mol. The number of allylic oxidation sites excluding steroid dienone is 2. The van der Waals surface area contributed by atoms with Crippen molar-refractivity contribution in [2.24, 2.45) is 5.10 Å². The second-order valence-electron chi connectivity index (χ2n) is 6.22. The third-order valence-corrected chi connectivity index (χ3v) is 5.39. The fourth-order valence-corrected chi connectivity index (χ4v) is 4.02. The molecule has 0 saturated carbocycles. The predicted octanol–water partition coefficient (Wildman–Crippen LogP) is 4.05. The number of hydrogen-bond donors (Lipinski definition) is 1. The second kappa shape index (κ2) is 7.70. The van der Waals surface area contributed by atoms with Gasteiger partial charge < -0.3 is 9.30 Å². The van der Waals surface area contributed by atoms with E-state index >= 15 is 0 Å². The Morgan fingerprint density at radius 2 is 1.93 bits per heavy atom. The first-order valence-corrected chi connectivity index (χ1v) is 9.68. The molecule has 0 saturated heterocycles. The van der Waals surface area contributed by atoms with Crippen LogP contribution in [0.3, 0.4) is 0 Å². The molecule has 0 bridgehead atoms. The van der Waals surface area contributed by atoms with Crippen LogP contribution in [0.15, 0.2) is 77.7 Å². The first kappa shape index (κ1) is 18.0. The number of ketones is 1. The summed E-state index contributed by atoms with van der Waals surface area (Å²) in [7, 11) is 1.65. The molecule has 28 heavy (non-hydrogen) atoms. The molecule has 0 aliphatic heterocycles. The summed E-state index contributed by atoms with van der Waals surface area (Å²) >= 11 is 1.53. The topological polar surface area (TPSA) is 55.6 Å². The molecule has 1 N–H and O–H groups in total. The number of benzene rings is 2. The zero-order valence-electron chi connectivity index (χ0n) is 15.4. The lowest BCUT2D eigenvalue weighted by Crippen LogP contribution is -2.19. The molecule has 5 nitrogen and oxygen atoms in total. The van der Waals surface area contributed by atoms with Gasteiger partial charge in [-0.3, -0.25) is 10.2 Å². The number of aromatic nitrogens is 1. The summed E-state index contributed by atoms with van der Waals surface area (Å²) < 4.78 is 7.32. The van der Waals surface area contributed by atoms with Crippen LogP contribution >= 0.6 is 11.3 Å². The van der Waals surface area contributed by atoms with Crippen molar-refractivity contribution in [2.75, 3.05) is 7.11 Å². The average molecular weight is 389 g/mol. The summed E-state index contributed by atoms with van der Waals surface area (Å²) in [6, 6.07) is 15.4. The highest BCUT2D eigenvalue weighted by molar-refractivity contribution is 7.07. The molecule has 1 heterocycles. The van der Waals surface area contributed by atoms with Crippen molar-refractivity contribution in [1.29, 1.82) is 0 Å². The number of carbonyl (C=O) groups is 1. The molecular weight excluding hydrogens is 370 g/mol. The number of hydrogen-bond acceptors (Lipinski definition) is 5. The van der Waals surface area contributed by atoms with E-state index < -0.39 is 0 Å². The van der Waals surface area contributed by atoms with Gasteiger partial charge in [-0.1, -0.05) is 30.3 Å². The molecule has 3 aromatic rings. The largest absolute Gasteiger partial charge is 0.497 e. The van der Waals surface area contributed by atoms with Gasteiger partial charge in [-0.15, -0.1) is 23.0 Å². The molecular formula is C22H19N3O2S. The Morgan fingerprint density at radius 1 is 1.18 bits per heavy atom. The Morgan fingerprint density at radius 3 is 2.64 bits per heavy atom. The Kier molecular flexibility index (Phi) is 4.95. The van der Waals surface area contributed by atoms with Crippen molar-refractivity contribution in [1.82, 2.24) is 9.99 Å². The summed E-state index contributed by atoms with van der Waals surface area (Å²) in [5.74, 6) is 0.815. The van der Waals surface area contributed by atoms with Crippen LogP contribution in [0.4, 0.5) is 0 Å². The molecule has 0 spiro atoms. The molecule has 0 unspecified atom stereocenters. The molecule has 2 aromatic carbocycles. The Hall–Kier alpha value is -3.38. The van der Waals surface area contributed by atoms with Crippen molar-refractivity contribution < 1.29 is 9.53 Å². The Labute approximate surface area is 166 Å². The van der Waals surface area contributed by atoms with Gasteiger partial charge in [0.2, 0.25) is 4.80 Å². The van der Waals surface area contributed by atoms with Gasteiger partial charge in [0.1, 0.15) is 5.75 Å². The van der Waals surface area contributed by atoms with E-state index in [9.17, 15) is 4.79 Å². The third-order valence-electron chi connectivity index (χ3n) is 4.53. The number of thiazole rings is 1. The lowest BCUT2D eigenvalue weighted by molar-refractivity contribution is 0.105. The van der Waals surface area contributed by atoms with E-state index in [2.05, 4.69) is 27.1 Å². The van der Waals surface area contributed by atoms with E-state index in [-0.39, 0.29) is 5.78 Å². The van der Waals surface area contributed by atoms with Crippen molar-refractivity contribution in [3.8, 4) is 17.0 Å². The summed E-state index contributed by atoms with van der Waals surface area (Å²) in [6.07, 6.45) is 3.43. The van der Waals surface area contributed by atoms with E-state index in [1.54, 1.807) is 13.2 Å². The van der Waals surface area contributed by atoms with E-state index in [1.165, 1.54) is 11.3 Å². The number of carbonyl (C=O) groups excluding carboxylic acids is 1. The van der Waals surface area contributed by atoms with Crippen LogP contribution in [0, 0.1) is 0 Å². The monoisotopic (exact) mass is 389 g/mol. The highest BCUT2D eigenvalue weighted by atomic mass is 32.1. The van der Waals surface area contributed by atoms with Gasteiger partial charge >= 0.3 is 0 Å². The van der Waals surface area contributed by atoms with Crippen LogP contribution < -0.4 is 15.0 Å². The van der Waals surface area contributed by atoms with Crippen molar-refractivity contribution in [2.45, 2.75) is 6.54 Å². The van der Waals surface area contributed by atoms with Gasteiger partial charge in [-0.2, -0.15) is 0 Å². The SMILES string of the molecule is C=CCn1c(-c2ccc(OC)cc2)csc1=NNC1=CC(=O)c2ccccc21. The summed E-state index contributed by atoms with van der Waals surface area (Å²) in [5.41, 5.74) is 7.47. The minimum Gasteiger partial charge on any atom is -0.497 e. The van der Waals surface area contributed by atoms with Gasteiger partial charge in [0.05, 0.1) is 18.5 Å². The number of fused-ring (bicyclic) bond motifs is 1. The summed E-state index contributed by atoms with van der Waals surface area (Å²) in [5, 5.41) is 6.62. The zero-order chi connectivity index (χ0) is 19.5. The molecule has 140 valence electrons. The van der Waals surface area contributed by atoms with Crippen molar-refractivity contribution >= 4 is 22.8 Å². The molecule has 6 heteroatoms. The Bertz CT molecular complexity index is 1140. The highest BCUT2D eigenvalue weighted by Crippen LogP contribution is 2.25. The van der Waals surface area contributed by atoms with E-state index in [1.807, 2.05) is 54.6 Å². The van der Waals surface area contributed by atoms with E-state index in [0.717, 1.165) is 27.4 Å². The van der Waals surface area contributed by atoms with Gasteiger partial charge in [0.25, 0.3) is 0 Å². The molecule has 1 aliphatic rings. The van der Waals surface area contributed by atoms with Crippen molar-refractivity contribution in [3.63, 3.8) is 0 Å². The van der Waals surface area contributed by atoms with Crippen molar-refractivity contribution in [3.05, 3.63) is 88.6 Å². The highest BCUT2D eigenvalue weighted by Gasteiger charge is 2.20. The normalized spacial score (nSPS) is 13.2. The van der Waals surface area contributed by atoms with E-state index in [4.69, 9.17) is 4.74 Å². The fourth-order valence-electron chi connectivity index (χ4n) is 3.14. The number of ether oxygens (including phenoxy) is 1. The van der Waals surface area contributed by atoms with Crippen LogP contribution in [-0.2, 0) is 6.54 Å². The van der Waals surface area contributed by atoms with Gasteiger partial charge in [0.15, 0.2) is 5.78 Å². The number of nitrogens with one attached hydrogen (secondary N) is 1. The lowest BCUT2D eigenvalue weighted by atomic mass is 10.1. The van der Waals surface area contributed by atoms with Gasteiger partial charge in [-0.25, -0.2) is 0 Å². The van der Waals surface area contributed by atoms with Gasteiger partial charge in [-0.05, 0) is 29.8 Å². The second-order valence-corrected chi connectivity index (χ2v) is 7.06. The molecule has 1 aromatic heterocycles. The number of nitrogens with zero attached hydrogens (tertiary/aromatic N) is 2. The lowest BCUT2D eigenvalue weighted by Gasteiger charge is -2.08. The maximum atomic E-state index is 12.1. The van der Waals surface area contributed by atoms with E-state index in [0.29, 0.717) is 17.8 Å².